The summed E-state index contributed by atoms with van der Waals surface area (Å²) in [6, 6.07) is 0.583. The molecule has 5 heteroatoms. The van der Waals surface area contributed by atoms with Crippen LogP contribution in [0.5, 0.6) is 0 Å². The molecule has 1 aromatic heterocycles. The van der Waals surface area contributed by atoms with Crippen LogP contribution in [-0.2, 0) is 13.1 Å². The van der Waals surface area contributed by atoms with Gasteiger partial charge in [-0.2, -0.15) is 0 Å². The van der Waals surface area contributed by atoms with Gasteiger partial charge in [0.2, 0.25) is 0 Å². The molecular weight excluding hydrogens is 226 g/mol. The largest absolute Gasteiger partial charge is 0.316 e. The highest BCUT2D eigenvalue weighted by molar-refractivity contribution is 4.92. The first-order valence-electron chi connectivity index (χ1n) is 7.03. The summed E-state index contributed by atoms with van der Waals surface area (Å²) in [6.45, 7) is 12.1. The standard InChI is InChI=1S/C13H25N5/c1-4-5-14-8-11(2)12(3)17-6-7-18-10-15-16-13(18)9-17/h10-12,14H,4-9H2,1-3H3. The molecule has 1 aliphatic heterocycles. The second-order valence-electron chi connectivity index (χ2n) is 5.33. The van der Waals surface area contributed by atoms with Crippen molar-refractivity contribution in [3.05, 3.63) is 12.2 Å². The molecule has 2 atom stereocenters. The summed E-state index contributed by atoms with van der Waals surface area (Å²) >= 11 is 0. The zero-order valence-electron chi connectivity index (χ0n) is 11.8. The highest BCUT2D eigenvalue weighted by atomic mass is 15.3. The van der Waals surface area contributed by atoms with Crippen LogP contribution >= 0.6 is 0 Å². The fraction of sp³-hybridized carbons (Fsp3) is 0.846. The van der Waals surface area contributed by atoms with Gasteiger partial charge in [0, 0.05) is 19.1 Å². The van der Waals surface area contributed by atoms with Crippen molar-refractivity contribution in [1.29, 1.82) is 0 Å². The number of aromatic nitrogens is 3. The minimum Gasteiger partial charge on any atom is -0.316 e. The molecule has 0 saturated carbocycles. The van der Waals surface area contributed by atoms with Gasteiger partial charge in [0.15, 0.2) is 0 Å². The summed E-state index contributed by atoms with van der Waals surface area (Å²) in [7, 11) is 0. The quantitative estimate of drug-likeness (QED) is 0.770. The summed E-state index contributed by atoms with van der Waals surface area (Å²) in [5.41, 5.74) is 0. The Labute approximate surface area is 110 Å². The highest BCUT2D eigenvalue weighted by Gasteiger charge is 2.24. The Hall–Kier alpha value is -0.940. The molecule has 0 bridgehead atoms. The Morgan fingerprint density at radius 3 is 3.00 bits per heavy atom. The number of nitrogens with one attached hydrogen (secondary N) is 1. The van der Waals surface area contributed by atoms with E-state index in [1.165, 1.54) is 6.42 Å². The zero-order chi connectivity index (χ0) is 13.0. The number of rotatable bonds is 6. The number of hydrogen-bond acceptors (Lipinski definition) is 4. The maximum atomic E-state index is 4.18. The van der Waals surface area contributed by atoms with E-state index in [9.17, 15) is 0 Å². The van der Waals surface area contributed by atoms with Gasteiger partial charge in [-0.3, -0.25) is 4.90 Å². The second-order valence-corrected chi connectivity index (χ2v) is 5.33. The summed E-state index contributed by atoms with van der Waals surface area (Å²) in [5, 5.41) is 11.7. The lowest BCUT2D eigenvalue weighted by atomic mass is 10.0. The Bertz CT molecular complexity index is 362. The van der Waals surface area contributed by atoms with Gasteiger partial charge in [-0.15, -0.1) is 10.2 Å². The first-order chi connectivity index (χ1) is 8.72. The van der Waals surface area contributed by atoms with Crippen LogP contribution in [-0.4, -0.2) is 45.3 Å². The minimum atomic E-state index is 0.583. The van der Waals surface area contributed by atoms with E-state index in [1.807, 2.05) is 6.33 Å². The average molecular weight is 251 g/mol. The van der Waals surface area contributed by atoms with Gasteiger partial charge >= 0.3 is 0 Å². The van der Waals surface area contributed by atoms with Crippen molar-refractivity contribution in [2.24, 2.45) is 5.92 Å². The van der Waals surface area contributed by atoms with E-state index in [1.54, 1.807) is 0 Å². The maximum absolute atomic E-state index is 4.18. The van der Waals surface area contributed by atoms with Gasteiger partial charge in [0.05, 0.1) is 6.54 Å². The van der Waals surface area contributed by atoms with Crippen molar-refractivity contribution < 1.29 is 0 Å². The van der Waals surface area contributed by atoms with Crippen molar-refractivity contribution in [2.75, 3.05) is 19.6 Å². The minimum absolute atomic E-state index is 0.583. The molecule has 0 aromatic carbocycles. The second kappa shape index (κ2) is 6.29. The van der Waals surface area contributed by atoms with Crippen molar-refractivity contribution in [1.82, 2.24) is 25.0 Å². The fourth-order valence-corrected chi connectivity index (χ4v) is 2.47. The van der Waals surface area contributed by atoms with Crippen LogP contribution < -0.4 is 5.32 Å². The summed E-state index contributed by atoms with van der Waals surface area (Å²) < 4.78 is 2.16. The van der Waals surface area contributed by atoms with Gasteiger partial charge in [0.1, 0.15) is 12.2 Å². The molecule has 5 nitrogen and oxygen atoms in total. The Balaban J connectivity index is 1.84. The molecule has 18 heavy (non-hydrogen) atoms. The van der Waals surface area contributed by atoms with Gasteiger partial charge in [-0.05, 0) is 32.4 Å². The molecule has 102 valence electrons. The first kappa shape index (κ1) is 13.5. The lowest BCUT2D eigenvalue weighted by Crippen LogP contribution is -2.45. The van der Waals surface area contributed by atoms with Gasteiger partial charge in [-0.25, -0.2) is 0 Å². The van der Waals surface area contributed by atoms with Gasteiger partial charge in [-0.1, -0.05) is 13.8 Å². The van der Waals surface area contributed by atoms with Crippen LogP contribution in [0.4, 0.5) is 0 Å². The predicted octanol–water partition coefficient (Wildman–Crippen LogP) is 1.12. The van der Waals surface area contributed by atoms with E-state index in [4.69, 9.17) is 0 Å². The predicted molar refractivity (Wildman–Crippen MR) is 72.2 cm³/mol. The van der Waals surface area contributed by atoms with E-state index in [0.29, 0.717) is 12.0 Å². The van der Waals surface area contributed by atoms with Crippen LogP contribution in [0, 0.1) is 5.92 Å². The summed E-state index contributed by atoms with van der Waals surface area (Å²) in [4.78, 5) is 2.52. The van der Waals surface area contributed by atoms with Crippen LogP contribution in [0.25, 0.3) is 0 Å². The highest BCUT2D eigenvalue weighted by Crippen LogP contribution is 2.17. The smallest absolute Gasteiger partial charge is 0.147 e. The SMILES string of the molecule is CCCNCC(C)C(C)N1CCn2cnnc2C1. The monoisotopic (exact) mass is 251 g/mol. The molecule has 0 spiro atoms. The van der Waals surface area contributed by atoms with E-state index >= 15 is 0 Å². The molecule has 2 heterocycles. The molecule has 2 unspecified atom stereocenters. The van der Waals surface area contributed by atoms with Crippen LogP contribution in [0.15, 0.2) is 6.33 Å². The summed E-state index contributed by atoms with van der Waals surface area (Å²) in [5.74, 6) is 1.76. The maximum Gasteiger partial charge on any atom is 0.147 e. The third-order valence-corrected chi connectivity index (χ3v) is 3.96. The molecule has 2 rings (SSSR count). The van der Waals surface area contributed by atoms with Crippen LogP contribution in [0.1, 0.15) is 33.0 Å². The zero-order valence-corrected chi connectivity index (χ0v) is 11.8. The molecule has 0 fully saturated rings. The normalized spacial score (nSPS) is 19.5. The Morgan fingerprint density at radius 1 is 1.39 bits per heavy atom. The lowest BCUT2D eigenvalue weighted by molar-refractivity contribution is 0.123. The number of fused-ring (bicyclic) bond motifs is 1. The molecule has 0 radical (unpaired) electrons. The van der Waals surface area contributed by atoms with Crippen molar-refractivity contribution >= 4 is 0 Å². The lowest BCUT2D eigenvalue weighted by Gasteiger charge is -2.35. The third kappa shape index (κ3) is 3.09. The van der Waals surface area contributed by atoms with E-state index < -0.39 is 0 Å². The Morgan fingerprint density at radius 2 is 2.22 bits per heavy atom. The average Bonchev–Trinajstić information content (AvgIpc) is 2.85. The molecule has 0 aliphatic carbocycles. The van der Waals surface area contributed by atoms with Crippen LogP contribution in [0.2, 0.25) is 0 Å². The van der Waals surface area contributed by atoms with Crippen molar-refractivity contribution in [2.45, 2.75) is 46.3 Å². The van der Waals surface area contributed by atoms with Crippen molar-refractivity contribution in [3.63, 3.8) is 0 Å². The first-order valence-corrected chi connectivity index (χ1v) is 7.03. The van der Waals surface area contributed by atoms with Crippen LogP contribution in [0.3, 0.4) is 0 Å². The van der Waals surface area contributed by atoms with E-state index in [-0.39, 0.29) is 0 Å². The van der Waals surface area contributed by atoms with E-state index in [2.05, 4.69) is 45.8 Å². The van der Waals surface area contributed by atoms with Gasteiger partial charge in [0.25, 0.3) is 0 Å². The summed E-state index contributed by atoms with van der Waals surface area (Å²) in [6.07, 6.45) is 3.04. The molecule has 1 aliphatic rings. The fourth-order valence-electron chi connectivity index (χ4n) is 2.47. The Kier molecular flexibility index (Phi) is 4.72. The van der Waals surface area contributed by atoms with Crippen molar-refractivity contribution in [3.8, 4) is 0 Å². The number of nitrogens with zero attached hydrogens (tertiary/aromatic N) is 4. The molecule has 1 aromatic rings. The molecule has 0 amide bonds. The number of hydrogen-bond donors (Lipinski definition) is 1. The van der Waals surface area contributed by atoms with E-state index in [0.717, 1.165) is 38.5 Å². The van der Waals surface area contributed by atoms with Gasteiger partial charge < -0.3 is 9.88 Å². The molecular formula is C13H25N5. The third-order valence-electron chi connectivity index (χ3n) is 3.96. The molecule has 1 N–H and O–H groups in total. The topological polar surface area (TPSA) is 46.0 Å². The molecule has 0 saturated heterocycles.